The molecule has 0 saturated carbocycles. The van der Waals surface area contributed by atoms with Crippen LogP contribution < -0.4 is 4.90 Å². The highest BCUT2D eigenvalue weighted by atomic mass is 16.3. The third kappa shape index (κ3) is 5.84. The summed E-state index contributed by atoms with van der Waals surface area (Å²) in [5, 5.41) is 6.59. The van der Waals surface area contributed by atoms with Crippen molar-refractivity contribution in [2.24, 2.45) is 0 Å². The van der Waals surface area contributed by atoms with Crippen LogP contribution in [-0.2, 0) is 0 Å². The molecule has 0 fully saturated rings. The molecule has 0 aliphatic rings. The van der Waals surface area contributed by atoms with Gasteiger partial charge in [0.25, 0.3) is 0 Å². The summed E-state index contributed by atoms with van der Waals surface area (Å²) in [5.74, 6) is 0. The first-order valence-electron chi connectivity index (χ1n) is 21.6. The molecule has 0 unspecified atom stereocenters. The van der Waals surface area contributed by atoms with E-state index in [-0.39, 0.29) is 0 Å². The molecule has 0 aliphatic carbocycles. The molecule has 10 aromatic carbocycles. The maximum absolute atomic E-state index is 6.78. The molecule has 4 heteroatoms. The Morgan fingerprint density at radius 1 is 0.234 bits per heavy atom. The largest absolute Gasteiger partial charge is 0.455 e. The van der Waals surface area contributed by atoms with Crippen LogP contribution in [0.15, 0.2) is 238 Å². The third-order valence-corrected chi connectivity index (χ3v) is 12.7. The summed E-state index contributed by atoms with van der Waals surface area (Å²) in [4.78, 5) is 2.33. The molecule has 0 aliphatic heterocycles. The number of hydrogen-bond acceptors (Lipinski definition) is 4. The van der Waals surface area contributed by atoms with Crippen LogP contribution in [0.5, 0.6) is 0 Å². The first-order valence-corrected chi connectivity index (χ1v) is 21.6. The van der Waals surface area contributed by atoms with Crippen molar-refractivity contribution in [2.75, 3.05) is 4.90 Å². The Bertz CT molecular complexity index is 3720. The standard InChI is InChI=1S/C60H37NO3/c1-3-13-38(14-4-1)42-35-52(39-15-5-2-6-16-39)60-54(36-42)53-37-45(33-34-57(53)64-60)61(43-29-25-40(26-30-43)46-19-11-21-50-48-17-7-9-23-55(48)62-58(46)50)44-31-27-41(28-32-44)47-20-12-22-51-49-18-8-10-24-56(49)63-59(47)51/h1-37H. The van der Waals surface area contributed by atoms with Crippen molar-refractivity contribution >= 4 is 82.9 Å². The lowest BCUT2D eigenvalue weighted by Gasteiger charge is -2.26. The van der Waals surface area contributed by atoms with E-state index < -0.39 is 0 Å². The van der Waals surface area contributed by atoms with Crippen LogP contribution in [0, 0.1) is 0 Å². The number of rotatable bonds is 7. The number of fused-ring (bicyclic) bond motifs is 9. The second-order valence-corrected chi connectivity index (χ2v) is 16.4. The molecule has 13 aromatic rings. The molecular formula is C60H37NO3. The van der Waals surface area contributed by atoms with Gasteiger partial charge in [0.15, 0.2) is 0 Å². The van der Waals surface area contributed by atoms with Crippen LogP contribution in [0.2, 0.25) is 0 Å². The van der Waals surface area contributed by atoms with Gasteiger partial charge in [0.05, 0.1) is 0 Å². The number of benzene rings is 10. The molecular weight excluding hydrogens is 783 g/mol. The first-order chi connectivity index (χ1) is 31.7. The zero-order valence-corrected chi connectivity index (χ0v) is 34.5. The quantitative estimate of drug-likeness (QED) is 0.161. The Hall–Kier alpha value is -8.60. The van der Waals surface area contributed by atoms with E-state index in [4.69, 9.17) is 13.3 Å². The summed E-state index contributed by atoms with van der Waals surface area (Å²) >= 11 is 0. The molecule has 13 rings (SSSR count). The lowest BCUT2D eigenvalue weighted by Crippen LogP contribution is -2.09. The predicted molar refractivity (Wildman–Crippen MR) is 265 cm³/mol. The van der Waals surface area contributed by atoms with Crippen molar-refractivity contribution in [3.8, 4) is 44.5 Å². The topological polar surface area (TPSA) is 42.7 Å². The van der Waals surface area contributed by atoms with Gasteiger partial charge in [0, 0.05) is 66.1 Å². The van der Waals surface area contributed by atoms with Gasteiger partial charge in [-0.2, -0.15) is 0 Å². The average Bonchev–Trinajstić information content (AvgIpc) is 4.06. The van der Waals surface area contributed by atoms with Gasteiger partial charge < -0.3 is 18.2 Å². The number of hydrogen-bond donors (Lipinski definition) is 0. The van der Waals surface area contributed by atoms with E-state index in [0.29, 0.717) is 0 Å². The third-order valence-electron chi connectivity index (χ3n) is 12.7. The predicted octanol–water partition coefficient (Wildman–Crippen LogP) is 17.5. The molecule has 0 atom stereocenters. The SMILES string of the molecule is c1ccc(-c2cc(-c3ccccc3)c3oc4ccc(N(c5ccc(-c6cccc7c6oc6ccccc67)cc5)c5ccc(-c6cccc7c6oc6ccccc67)cc5)cc4c3c2)cc1. The van der Waals surface area contributed by atoms with Crippen molar-refractivity contribution in [3.05, 3.63) is 224 Å². The minimum atomic E-state index is 0.838. The molecule has 0 N–H and O–H groups in total. The van der Waals surface area contributed by atoms with Gasteiger partial charge in [-0.3, -0.25) is 0 Å². The number of nitrogens with zero attached hydrogens (tertiary/aromatic N) is 1. The maximum Gasteiger partial charge on any atom is 0.143 e. The number of para-hydroxylation sites is 4. The lowest BCUT2D eigenvalue weighted by atomic mass is 9.95. The van der Waals surface area contributed by atoms with Crippen LogP contribution in [0.3, 0.4) is 0 Å². The maximum atomic E-state index is 6.78. The van der Waals surface area contributed by atoms with Crippen molar-refractivity contribution < 1.29 is 13.3 Å². The molecule has 0 amide bonds. The van der Waals surface area contributed by atoms with E-state index in [2.05, 4.69) is 205 Å². The molecule has 0 radical (unpaired) electrons. The molecule has 4 nitrogen and oxygen atoms in total. The minimum Gasteiger partial charge on any atom is -0.455 e. The molecule has 3 aromatic heterocycles. The molecule has 64 heavy (non-hydrogen) atoms. The molecule has 300 valence electrons. The van der Waals surface area contributed by atoms with E-state index in [1.165, 1.54) is 0 Å². The summed E-state index contributed by atoms with van der Waals surface area (Å²) in [6.45, 7) is 0. The Morgan fingerprint density at radius 2 is 0.672 bits per heavy atom. The fourth-order valence-electron chi connectivity index (χ4n) is 9.61. The fourth-order valence-corrected chi connectivity index (χ4v) is 9.61. The van der Waals surface area contributed by atoms with E-state index in [9.17, 15) is 0 Å². The highest BCUT2D eigenvalue weighted by Crippen LogP contribution is 2.45. The second-order valence-electron chi connectivity index (χ2n) is 16.4. The smallest absolute Gasteiger partial charge is 0.143 e. The molecule has 0 saturated heterocycles. The van der Waals surface area contributed by atoms with Crippen LogP contribution in [-0.4, -0.2) is 0 Å². The normalized spacial score (nSPS) is 11.8. The van der Waals surface area contributed by atoms with Crippen LogP contribution in [0.25, 0.3) is 110 Å². The summed E-state index contributed by atoms with van der Waals surface area (Å²) in [6.07, 6.45) is 0. The van der Waals surface area contributed by atoms with Crippen molar-refractivity contribution in [2.45, 2.75) is 0 Å². The van der Waals surface area contributed by atoms with Crippen LogP contribution >= 0.6 is 0 Å². The summed E-state index contributed by atoms with van der Waals surface area (Å²) in [6, 6.07) is 79.1. The highest BCUT2D eigenvalue weighted by molar-refractivity contribution is 6.13. The lowest BCUT2D eigenvalue weighted by molar-refractivity contribution is 0.669. The average molecular weight is 820 g/mol. The van der Waals surface area contributed by atoms with E-state index in [1.807, 2.05) is 24.3 Å². The first kappa shape index (κ1) is 36.1. The summed E-state index contributed by atoms with van der Waals surface area (Å²) in [7, 11) is 0. The Kier molecular flexibility index (Phi) is 8.18. The summed E-state index contributed by atoms with van der Waals surface area (Å²) in [5.41, 5.74) is 17.1. The number of furan rings is 3. The van der Waals surface area contributed by atoms with Crippen molar-refractivity contribution in [1.29, 1.82) is 0 Å². The molecule has 0 spiro atoms. The van der Waals surface area contributed by atoms with Gasteiger partial charge in [-0.25, -0.2) is 0 Å². The number of anilines is 3. The highest BCUT2D eigenvalue weighted by Gasteiger charge is 2.20. The minimum absolute atomic E-state index is 0.838. The van der Waals surface area contributed by atoms with Crippen LogP contribution in [0.4, 0.5) is 17.1 Å². The zero-order valence-electron chi connectivity index (χ0n) is 34.5. The van der Waals surface area contributed by atoms with Crippen LogP contribution in [0.1, 0.15) is 0 Å². The van der Waals surface area contributed by atoms with E-state index in [1.54, 1.807) is 0 Å². The van der Waals surface area contributed by atoms with Gasteiger partial charge >= 0.3 is 0 Å². The van der Waals surface area contributed by atoms with Crippen molar-refractivity contribution in [1.82, 2.24) is 0 Å². The molecule has 0 bridgehead atoms. The van der Waals surface area contributed by atoms with Gasteiger partial charge in [-0.15, -0.1) is 0 Å². The fraction of sp³-hybridized carbons (Fsp3) is 0. The second kappa shape index (κ2) is 14.5. The summed E-state index contributed by atoms with van der Waals surface area (Å²) < 4.78 is 19.7. The van der Waals surface area contributed by atoms with E-state index in [0.717, 1.165) is 127 Å². The van der Waals surface area contributed by atoms with Crippen molar-refractivity contribution in [3.63, 3.8) is 0 Å². The van der Waals surface area contributed by atoms with Gasteiger partial charge in [0.1, 0.15) is 33.5 Å². The van der Waals surface area contributed by atoms with Gasteiger partial charge in [-0.05, 0) is 94.5 Å². The van der Waals surface area contributed by atoms with Gasteiger partial charge in [-0.1, -0.05) is 158 Å². The Morgan fingerprint density at radius 3 is 1.23 bits per heavy atom. The van der Waals surface area contributed by atoms with Gasteiger partial charge in [0.2, 0.25) is 0 Å². The monoisotopic (exact) mass is 819 g/mol. The van der Waals surface area contributed by atoms with E-state index >= 15 is 0 Å². The zero-order chi connectivity index (χ0) is 42.1. The Balaban J connectivity index is 0.974. The Labute approximate surface area is 368 Å². The molecule has 3 heterocycles.